The van der Waals surface area contributed by atoms with Crippen molar-refractivity contribution in [3.63, 3.8) is 0 Å². The maximum atomic E-state index is 11.8. The lowest BCUT2D eigenvalue weighted by atomic mass is 9.91. The summed E-state index contributed by atoms with van der Waals surface area (Å²) < 4.78 is 4.87. The second-order valence-corrected chi connectivity index (χ2v) is 5.10. The topological polar surface area (TPSA) is 64.1 Å². The number of methoxy groups -OCH3 is 1. The molecule has 0 radical (unpaired) electrons. The molecule has 3 atom stereocenters. The molecule has 0 saturated carbocycles. The lowest BCUT2D eigenvalue weighted by molar-refractivity contribution is -0.142. The van der Waals surface area contributed by atoms with Crippen molar-refractivity contribution in [2.24, 2.45) is 0 Å². The molecule has 3 rings (SSSR count). The smallest absolute Gasteiger partial charge is 0.322 e. The molecule has 1 N–H and O–H groups in total. The van der Waals surface area contributed by atoms with Crippen molar-refractivity contribution in [1.82, 2.24) is 15.3 Å². The predicted molar refractivity (Wildman–Crippen MR) is 77.5 cm³/mol. The zero-order valence-corrected chi connectivity index (χ0v) is 11.8. The lowest BCUT2D eigenvalue weighted by Crippen LogP contribution is -2.33. The van der Waals surface area contributed by atoms with Gasteiger partial charge in [0.1, 0.15) is 6.04 Å². The van der Waals surface area contributed by atoms with Crippen molar-refractivity contribution >= 4 is 5.97 Å². The number of carbonyl (C=O) groups is 1. The molecule has 1 aliphatic heterocycles. The summed E-state index contributed by atoms with van der Waals surface area (Å²) in [6.07, 6.45) is 5.76. The molecule has 1 fully saturated rings. The number of esters is 1. The van der Waals surface area contributed by atoms with Gasteiger partial charge in [-0.05, 0) is 12.0 Å². The summed E-state index contributed by atoms with van der Waals surface area (Å²) in [5.74, 6) is -0.132. The molecule has 0 spiro atoms. The zero-order valence-electron chi connectivity index (χ0n) is 11.8. The van der Waals surface area contributed by atoms with E-state index in [4.69, 9.17) is 4.74 Å². The van der Waals surface area contributed by atoms with E-state index in [0.717, 1.165) is 11.3 Å². The normalized spacial score (nSPS) is 24.7. The quantitative estimate of drug-likeness (QED) is 0.871. The van der Waals surface area contributed by atoms with Crippen LogP contribution in [0.2, 0.25) is 0 Å². The van der Waals surface area contributed by atoms with Gasteiger partial charge in [0.2, 0.25) is 0 Å². The van der Waals surface area contributed by atoms with Crippen LogP contribution in [0.25, 0.3) is 0 Å². The van der Waals surface area contributed by atoms with E-state index >= 15 is 0 Å². The number of nitrogens with one attached hydrogen (secondary N) is 1. The number of ether oxygens (including phenoxy) is 1. The summed E-state index contributed by atoms with van der Waals surface area (Å²) in [6.45, 7) is 0. The van der Waals surface area contributed by atoms with Gasteiger partial charge in [0.25, 0.3) is 0 Å². The van der Waals surface area contributed by atoms with E-state index in [1.165, 1.54) is 7.11 Å². The van der Waals surface area contributed by atoms with Crippen LogP contribution in [-0.4, -0.2) is 29.1 Å². The van der Waals surface area contributed by atoms with E-state index in [2.05, 4.69) is 27.4 Å². The van der Waals surface area contributed by atoms with E-state index in [9.17, 15) is 4.79 Å². The largest absolute Gasteiger partial charge is 0.468 e. The fourth-order valence-corrected chi connectivity index (χ4v) is 2.88. The van der Waals surface area contributed by atoms with Crippen molar-refractivity contribution in [3.05, 3.63) is 60.2 Å². The van der Waals surface area contributed by atoms with Gasteiger partial charge in [-0.25, -0.2) is 0 Å². The Morgan fingerprint density at radius 1 is 1.29 bits per heavy atom. The van der Waals surface area contributed by atoms with Crippen LogP contribution in [-0.2, 0) is 9.53 Å². The molecular weight excluding hydrogens is 266 g/mol. The Bertz CT molecular complexity index is 556. The maximum Gasteiger partial charge on any atom is 0.322 e. The van der Waals surface area contributed by atoms with Gasteiger partial charge in [0, 0.05) is 30.6 Å². The summed E-state index contributed by atoms with van der Waals surface area (Å²) in [7, 11) is 1.41. The summed E-state index contributed by atoms with van der Waals surface area (Å²) in [4.78, 5) is 20.4. The Balaban J connectivity index is 1.93. The second-order valence-electron chi connectivity index (χ2n) is 5.10. The molecule has 0 bridgehead atoms. The highest BCUT2D eigenvalue weighted by Crippen LogP contribution is 2.39. The van der Waals surface area contributed by atoms with Crippen molar-refractivity contribution in [2.75, 3.05) is 7.11 Å². The molecule has 21 heavy (non-hydrogen) atoms. The first-order valence-electron chi connectivity index (χ1n) is 6.94. The van der Waals surface area contributed by atoms with Crippen molar-refractivity contribution < 1.29 is 9.53 Å². The van der Waals surface area contributed by atoms with Gasteiger partial charge in [-0.3, -0.25) is 20.1 Å². The first kappa shape index (κ1) is 13.7. The van der Waals surface area contributed by atoms with Crippen molar-refractivity contribution in [2.45, 2.75) is 24.4 Å². The van der Waals surface area contributed by atoms with Crippen LogP contribution in [0, 0.1) is 0 Å². The number of rotatable bonds is 3. The van der Waals surface area contributed by atoms with E-state index in [-0.39, 0.29) is 24.0 Å². The third-order valence-corrected chi connectivity index (χ3v) is 3.88. The molecule has 5 heteroatoms. The van der Waals surface area contributed by atoms with Crippen LogP contribution in [0.4, 0.5) is 0 Å². The highest BCUT2D eigenvalue weighted by atomic mass is 16.5. The second kappa shape index (κ2) is 6.01. The molecule has 108 valence electrons. The molecule has 1 aromatic carbocycles. The minimum absolute atomic E-state index is 0.0343. The first-order chi connectivity index (χ1) is 10.3. The molecule has 1 aromatic heterocycles. The minimum Gasteiger partial charge on any atom is -0.468 e. The predicted octanol–water partition coefficient (Wildman–Crippen LogP) is 1.84. The number of hydrogen-bond acceptors (Lipinski definition) is 5. The molecule has 2 aromatic rings. The van der Waals surface area contributed by atoms with E-state index in [1.54, 1.807) is 18.6 Å². The van der Waals surface area contributed by atoms with Gasteiger partial charge in [-0.15, -0.1) is 0 Å². The number of carbonyl (C=O) groups excluding carboxylic acids is 1. The Kier molecular flexibility index (Phi) is 3.92. The van der Waals surface area contributed by atoms with Gasteiger partial charge in [0.15, 0.2) is 0 Å². The highest BCUT2D eigenvalue weighted by molar-refractivity contribution is 5.76. The van der Waals surface area contributed by atoms with Gasteiger partial charge in [-0.1, -0.05) is 30.3 Å². The highest BCUT2D eigenvalue weighted by Gasteiger charge is 2.40. The van der Waals surface area contributed by atoms with E-state index < -0.39 is 0 Å². The maximum absolute atomic E-state index is 11.8. The average Bonchev–Trinajstić information content (AvgIpc) is 3.01. The van der Waals surface area contributed by atoms with Crippen LogP contribution in [0.5, 0.6) is 0 Å². The molecule has 1 saturated heterocycles. The Hall–Kier alpha value is -2.27. The Morgan fingerprint density at radius 3 is 2.76 bits per heavy atom. The molecule has 0 amide bonds. The van der Waals surface area contributed by atoms with Gasteiger partial charge in [0.05, 0.1) is 12.8 Å². The van der Waals surface area contributed by atoms with Gasteiger partial charge in [-0.2, -0.15) is 0 Å². The van der Waals surface area contributed by atoms with Crippen molar-refractivity contribution in [1.29, 1.82) is 0 Å². The summed E-state index contributed by atoms with van der Waals surface area (Å²) >= 11 is 0. The van der Waals surface area contributed by atoms with Crippen LogP contribution < -0.4 is 5.32 Å². The van der Waals surface area contributed by atoms with Crippen LogP contribution in [0.3, 0.4) is 0 Å². The fourth-order valence-electron chi connectivity index (χ4n) is 2.88. The summed E-state index contributed by atoms with van der Waals surface area (Å²) in [5, 5.41) is 3.36. The van der Waals surface area contributed by atoms with E-state index in [1.807, 2.05) is 18.2 Å². The van der Waals surface area contributed by atoms with E-state index in [0.29, 0.717) is 6.42 Å². The molecule has 0 aliphatic carbocycles. The monoisotopic (exact) mass is 283 g/mol. The number of nitrogens with zero attached hydrogens (tertiary/aromatic N) is 2. The molecule has 2 heterocycles. The molecule has 0 unspecified atom stereocenters. The van der Waals surface area contributed by atoms with Gasteiger partial charge < -0.3 is 4.74 Å². The molecule has 5 nitrogen and oxygen atoms in total. The third-order valence-electron chi connectivity index (χ3n) is 3.88. The minimum atomic E-state index is -0.313. The lowest BCUT2D eigenvalue weighted by Gasteiger charge is -2.19. The number of benzene rings is 1. The Morgan fingerprint density at radius 2 is 2.10 bits per heavy atom. The van der Waals surface area contributed by atoms with Gasteiger partial charge >= 0.3 is 5.97 Å². The Labute approximate surface area is 123 Å². The number of hydrogen-bond donors (Lipinski definition) is 1. The third kappa shape index (κ3) is 2.78. The number of aromatic nitrogens is 2. The van der Waals surface area contributed by atoms with Crippen LogP contribution in [0.15, 0.2) is 48.9 Å². The first-order valence-corrected chi connectivity index (χ1v) is 6.94. The van der Waals surface area contributed by atoms with Crippen LogP contribution in [0.1, 0.15) is 29.6 Å². The van der Waals surface area contributed by atoms with Crippen LogP contribution >= 0.6 is 0 Å². The summed E-state index contributed by atoms with van der Waals surface area (Å²) in [5.41, 5.74) is 2.03. The fraction of sp³-hybridized carbons (Fsp3) is 0.312. The molecule has 1 aliphatic rings. The standard InChI is InChI=1S/C16H17N3O2/c1-21-16(20)13-9-12(14-10-17-7-8-18-14)15(19-13)11-5-3-2-4-6-11/h2-8,10,12-13,15,19H,9H2,1H3/t12-,13-,15-/m1/s1. The zero-order chi connectivity index (χ0) is 14.7. The molecular formula is C16H17N3O2. The average molecular weight is 283 g/mol. The van der Waals surface area contributed by atoms with Crippen molar-refractivity contribution in [3.8, 4) is 0 Å². The SMILES string of the molecule is COC(=O)[C@H]1C[C@H](c2cnccn2)[C@@H](c2ccccc2)N1. The summed E-state index contributed by atoms with van der Waals surface area (Å²) in [6, 6.07) is 9.81.